The van der Waals surface area contributed by atoms with E-state index in [1.165, 1.54) is 10.6 Å². The van der Waals surface area contributed by atoms with Crippen LogP contribution in [0.25, 0.3) is 17.4 Å². The number of fused-ring (bicyclic) bond motifs is 1. The number of likely N-dealkylation sites (N-methyl/N-ethyl adjacent to an activating group) is 1. The summed E-state index contributed by atoms with van der Waals surface area (Å²) in [6, 6.07) is 8.54. The highest BCUT2D eigenvalue weighted by molar-refractivity contribution is 5.52. The molecule has 184 valence electrons. The fourth-order valence-corrected chi connectivity index (χ4v) is 3.89. The highest BCUT2D eigenvalue weighted by Gasteiger charge is 2.15. The zero-order valence-corrected chi connectivity index (χ0v) is 19.5. The number of ether oxygens (including phenoxy) is 1. The number of rotatable bonds is 9. The van der Waals surface area contributed by atoms with Gasteiger partial charge in [-0.2, -0.15) is 19.5 Å². The fraction of sp³-hybridized carbons (Fsp3) is 0.391. The van der Waals surface area contributed by atoms with Gasteiger partial charge in [-0.25, -0.2) is 4.39 Å². The van der Waals surface area contributed by atoms with Crippen LogP contribution in [-0.2, 0) is 6.42 Å². The molecule has 5 rings (SSSR count). The van der Waals surface area contributed by atoms with E-state index < -0.39 is 0 Å². The lowest BCUT2D eigenvalue weighted by molar-refractivity contribution is 0.132. The van der Waals surface area contributed by atoms with Crippen molar-refractivity contribution in [3.8, 4) is 17.3 Å². The fourth-order valence-electron chi connectivity index (χ4n) is 3.89. The Morgan fingerprint density at radius 1 is 1.14 bits per heavy atom. The molecule has 3 aromatic heterocycles. The summed E-state index contributed by atoms with van der Waals surface area (Å²) in [5.74, 6) is 1.56. The molecule has 4 heterocycles. The maximum Gasteiger partial charge on any atom is 0.259 e. The first-order chi connectivity index (χ1) is 17.0. The van der Waals surface area contributed by atoms with Gasteiger partial charge in [-0.3, -0.25) is 4.90 Å². The standard InChI is InChI=1S/C23H28FN9O2/c1-31-8-10-32(11-9-31)12-14-35-18-5-4-16(15-17(18)24)6-7-26-22-28-21(25)33-23(29-22)27-20(30-33)19-3-2-13-34-19/h2-5,13,15H,6-12,14H2,1H3,(H3,25,26,27,28,29,30). The first-order valence-corrected chi connectivity index (χ1v) is 11.6. The number of nitrogen functional groups attached to an aromatic ring is 1. The van der Waals surface area contributed by atoms with Crippen LogP contribution in [0.4, 0.5) is 16.3 Å². The van der Waals surface area contributed by atoms with E-state index in [9.17, 15) is 4.39 Å². The SMILES string of the molecule is CN1CCN(CCOc2ccc(CCNc3nc(N)n4nc(-c5ccco5)nc4n3)cc2F)CC1. The van der Waals surface area contributed by atoms with Crippen molar-refractivity contribution < 1.29 is 13.5 Å². The number of hydrogen-bond donors (Lipinski definition) is 2. The third kappa shape index (κ3) is 5.49. The van der Waals surface area contributed by atoms with E-state index >= 15 is 0 Å². The lowest BCUT2D eigenvalue weighted by Gasteiger charge is -2.32. The van der Waals surface area contributed by atoms with E-state index in [1.807, 2.05) is 6.07 Å². The predicted molar refractivity (Wildman–Crippen MR) is 129 cm³/mol. The summed E-state index contributed by atoms with van der Waals surface area (Å²) in [6.07, 6.45) is 2.11. The van der Waals surface area contributed by atoms with Gasteiger partial charge in [0.25, 0.3) is 5.78 Å². The minimum absolute atomic E-state index is 0.145. The van der Waals surface area contributed by atoms with E-state index in [2.05, 4.69) is 42.2 Å². The van der Waals surface area contributed by atoms with Crippen LogP contribution in [0.1, 0.15) is 5.56 Å². The average molecular weight is 482 g/mol. The Morgan fingerprint density at radius 2 is 2.00 bits per heavy atom. The zero-order valence-electron chi connectivity index (χ0n) is 19.5. The summed E-state index contributed by atoms with van der Waals surface area (Å²) < 4.78 is 26.9. The van der Waals surface area contributed by atoms with Crippen LogP contribution in [0.5, 0.6) is 5.75 Å². The largest absolute Gasteiger partial charge is 0.489 e. The van der Waals surface area contributed by atoms with E-state index in [4.69, 9.17) is 14.9 Å². The third-order valence-corrected chi connectivity index (χ3v) is 5.93. The molecule has 0 radical (unpaired) electrons. The van der Waals surface area contributed by atoms with Crippen molar-refractivity contribution in [2.24, 2.45) is 0 Å². The van der Waals surface area contributed by atoms with Crippen LogP contribution in [0.2, 0.25) is 0 Å². The minimum atomic E-state index is -0.364. The van der Waals surface area contributed by atoms with Crippen LogP contribution < -0.4 is 15.8 Å². The van der Waals surface area contributed by atoms with Gasteiger partial charge in [0, 0.05) is 39.3 Å². The molecule has 0 saturated carbocycles. The second kappa shape index (κ2) is 10.2. The monoisotopic (exact) mass is 481 g/mol. The third-order valence-electron chi connectivity index (χ3n) is 5.93. The second-order valence-corrected chi connectivity index (χ2v) is 8.46. The van der Waals surface area contributed by atoms with Crippen molar-refractivity contribution in [1.82, 2.24) is 34.4 Å². The molecule has 4 aromatic rings. The van der Waals surface area contributed by atoms with Crippen LogP contribution in [0, 0.1) is 5.82 Å². The second-order valence-electron chi connectivity index (χ2n) is 8.46. The highest BCUT2D eigenvalue weighted by atomic mass is 19.1. The summed E-state index contributed by atoms with van der Waals surface area (Å²) >= 11 is 0. The van der Waals surface area contributed by atoms with Crippen molar-refractivity contribution in [2.75, 3.05) is 64.0 Å². The molecular weight excluding hydrogens is 453 g/mol. The molecule has 0 atom stereocenters. The van der Waals surface area contributed by atoms with Gasteiger partial charge in [-0.05, 0) is 43.3 Å². The molecule has 0 unspecified atom stereocenters. The lowest BCUT2D eigenvalue weighted by atomic mass is 10.1. The van der Waals surface area contributed by atoms with E-state index in [0.29, 0.717) is 42.9 Å². The van der Waals surface area contributed by atoms with Gasteiger partial charge in [0.1, 0.15) is 6.61 Å². The molecule has 1 aromatic carbocycles. The number of nitrogens with two attached hydrogens (primary N) is 1. The molecule has 35 heavy (non-hydrogen) atoms. The predicted octanol–water partition coefficient (Wildman–Crippen LogP) is 1.78. The smallest absolute Gasteiger partial charge is 0.259 e. The van der Waals surface area contributed by atoms with Gasteiger partial charge in [0.05, 0.1) is 6.26 Å². The van der Waals surface area contributed by atoms with Gasteiger partial charge in [-0.15, -0.1) is 5.10 Å². The topological polar surface area (TPSA) is 123 Å². The number of nitrogens with one attached hydrogen (secondary N) is 1. The van der Waals surface area contributed by atoms with Crippen molar-refractivity contribution in [2.45, 2.75) is 6.42 Å². The van der Waals surface area contributed by atoms with Crippen molar-refractivity contribution in [1.29, 1.82) is 0 Å². The van der Waals surface area contributed by atoms with Crippen molar-refractivity contribution >= 4 is 17.7 Å². The minimum Gasteiger partial charge on any atom is -0.489 e. The quantitative estimate of drug-likeness (QED) is 0.366. The first kappa shape index (κ1) is 23.0. The van der Waals surface area contributed by atoms with Gasteiger partial charge >= 0.3 is 0 Å². The van der Waals surface area contributed by atoms with Gasteiger partial charge < -0.3 is 25.1 Å². The Balaban J connectivity index is 1.13. The summed E-state index contributed by atoms with van der Waals surface area (Å²) in [5.41, 5.74) is 6.84. The molecule has 1 aliphatic rings. The number of anilines is 2. The van der Waals surface area contributed by atoms with Crippen LogP contribution >= 0.6 is 0 Å². The highest BCUT2D eigenvalue weighted by Crippen LogP contribution is 2.20. The maximum atomic E-state index is 14.5. The summed E-state index contributed by atoms with van der Waals surface area (Å²) in [7, 11) is 2.12. The average Bonchev–Trinajstić information content (AvgIpc) is 3.52. The Bertz CT molecular complexity index is 1270. The van der Waals surface area contributed by atoms with Crippen molar-refractivity contribution in [3.05, 3.63) is 48.0 Å². The number of halogens is 1. The van der Waals surface area contributed by atoms with E-state index in [1.54, 1.807) is 24.5 Å². The molecular formula is C23H28FN9O2. The first-order valence-electron chi connectivity index (χ1n) is 11.6. The molecule has 1 saturated heterocycles. The zero-order chi connectivity index (χ0) is 24.2. The number of furan rings is 1. The van der Waals surface area contributed by atoms with E-state index in [0.717, 1.165) is 38.3 Å². The Morgan fingerprint density at radius 3 is 2.77 bits per heavy atom. The van der Waals surface area contributed by atoms with E-state index in [-0.39, 0.29) is 17.5 Å². The van der Waals surface area contributed by atoms with Gasteiger partial charge in [0.15, 0.2) is 17.3 Å². The summed E-state index contributed by atoms with van der Waals surface area (Å²) in [4.78, 5) is 17.5. The van der Waals surface area contributed by atoms with Gasteiger partial charge in [-0.1, -0.05) is 6.07 Å². The summed E-state index contributed by atoms with van der Waals surface area (Å²) in [5, 5.41) is 7.38. The Hall–Kier alpha value is -3.77. The van der Waals surface area contributed by atoms with Crippen molar-refractivity contribution in [3.63, 3.8) is 0 Å². The molecule has 0 spiro atoms. The summed E-state index contributed by atoms with van der Waals surface area (Å²) in [6.45, 7) is 5.87. The number of aromatic nitrogens is 5. The number of benzene rings is 1. The Kier molecular flexibility index (Phi) is 6.73. The molecule has 3 N–H and O–H groups in total. The van der Waals surface area contributed by atoms with Crippen LogP contribution in [-0.4, -0.2) is 87.3 Å². The lowest BCUT2D eigenvalue weighted by Crippen LogP contribution is -2.45. The number of hydrogen-bond acceptors (Lipinski definition) is 10. The normalized spacial score (nSPS) is 15.0. The molecule has 0 bridgehead atoms. The molecule has 1 fully saturated rings. The molecule has 0 amide bonds. The van der Waals surface area contributed by atoms with Crippen LogP contribution in [0.3, 0.4) is 0 Å². The van der Waals surface area contributed by atoms with Crippen LogP contribution in [0.15, 0.2) is 41.0 Å². The van der Waals surface area contributed by atoms with Gasteiger partial charge in [0.2, 0.25) is 17.7 Å². The molecule has 0 aliphatic carbocycles. The Labute approximate surface area is 201 Å². The number of piperazine rings is 1. The molecule has 12 heteroatoms. The maximum absolute atomic E-state index is 14.5. The number of nitrogens with zero attached hydrogens (tertiary/aromatic N) is 7. The molecule has 11 nitrogen and oxygen atoms in total. The molecule has 1 aliphatic heterocycles.